The van der Waals surface area contributed by atoms with Crippen LogP contribution in [0.2, 0.25) is 5.02 Å². The number of carbonyl (C=O) groups excluding carboxylic acids is 2. The highest BCUT2D eigenvalue weighted by Gasteiger charge is 2.36. The maximum Gasteiger partial charge on any atom is 0.417 e. The third-order valence-corrected chi connectivity index (χ3v) is 5.30. The largest absolute Gasteiger partial charge is 0.417 e. The van der Waals surface area contributed by atoms with Crippen LogP contribution in [0.4, 0.5) is 13.2 Å². The molecule has 148 valence electrons. The summed E-state index contributed by atoms with van der Waals surface area (Å²) in [6, 6.07) is 9.64. The maximum atomic E-state index is 13.2. The van der Waals surface area contributed by atoms with E-state index >= 15 is 0 Å². The molecule has 1 aliphatic heterocycles. The van der Waals surface area contributed by atoms with Crippen molar-refractivity contribution in [2.75, 3.05) is 26.2 Å². The fraction of sp³-hybridized carbons (Fsp3) is 0.263. The van der Waals surface area contributed by atoms with E-state index in [1.54, 1.807) is 18.2 Å². The molecule has 1 fully saturated rings. The Morgan fingerprint density at radius 1 is 0.893 bits per heavy atom. The molecular formula is C19H15BrClF3N2O2. The summed E-state index contributed by atoms with van der Waals surface area (Å²) in [5, 5.41) is 0.311. The van der Waals surface area contributed by atoms with Crippen molar-refractivity contribution in [3.63, 3.8) is 0 Å². The SMILES string of the molecule is O=C(c1cc(Br)ccc1Cl)N1CCN(C(=O)c2ccccc2C(F)(F)F)CC1. The van der Waals surface area contributed by atoms with Crippen LogP contribution in [0.3, 0.4) is 0 Å². The molecule has 2 aromatic carbocycles. The number of benzene rings is 2. The fourth-order valence-corrected chi connectivity index (χ4v) is 3.59. The Balaban J connectivity index is 1.72. The maximum absolute atomic E-state index is 13.2. The zero-order valence-electron chi connectivity index (χ0n) is 14.5. The van der Waals surface area contributed by atoms with E-state index in [1.807, 2.05) is 0 Å². The first kappa shape index (κ1) is 20.7. The van der Waals surface area contributed by atoms with Gasteiger partial charge in [0.1, 0.15) is 0 Å². The molecule has 2 amide bonds. The van der Waals surface area contributed by atoms with Crippen molar-refractivity contribution in [2.45, 2.75) is 6.18 Å². The molecule has 1 heterocycles. The lowest BCUT2D eigenvalue weighted by atomic mass is 10.1. The Morgan fingerprint density at radius 3 is 2.00 bits per heavy atom. The van der Waals surface area contributed by atoms with Gasteiger partial charge >= 0.3 is 6.18 Å². The van der Waals surface area contributed by atoms with E-state index in [2.05, 4.69) is 15.9 Å². The van der Waals surface area contributed by atoms with Gasteiger partial charge in [-0.1, -0.05) is 39.7 Å². The van der Waals surface area contributed by atoms with E-state index in [0.717, 1.165) is 6.07 Å². The van der Waals surface area contributed by atoms with Crippen molar-refractivity contribution in [3.05, 3.63) is 68.7 Å². The van der Waals surface area contributed by atoms with Gasteiger partial charge in [-0.3, -0.25) is 9.59 Å². The predicted molar refractivity (Wildman–Crippen MR) is 102 cm³/mol. The fourth-order valence-electron chi connectivity index (χ4n) is 3.03. The van der Waals surface area contributed by atoms with E-state index in [9.17, 15) is 22.8 Å². The van der Waals surface area contributed by atoms with Gasteiger partial charge in [0.25, 0.3) is 11.8 Å². The van der Waals surface area contributed by atoms with Crippen molar-refractivity contribution < 1.29 is 22.8 Å². The smallest absolute Gasteiger partial charge is 0.335 e. The number of alkyl halides is 3. The van der Waals surface area contributed by atoms with Crippen molar-refractivity contribution in [2.24, 2.45) is 0 Å². The molecule has 28 heavy (non-hydrogen) atoms. The van der Waals surface area contributed by atoms with Gasteiger partial charge in [0.15, 0.2) is 0 Å². The van der Waals surface area contributed by atoms with Crippen LogP contribution in [0, 0.1) is 0 Å². The highest BCUT2D eigenvalue weighted by Crippen LogP contribution is 2.32. The predicted octanol–water partition coefficient (Wildman–Crippen LogP) is 4.72. The summed E-state index contributed by atoms with van der Waals surface area (Å²) in [7, 11) is 0. The number of hydrogen-bond acceptors (Lipinski definition) is 2. The summed E-state index contributed by atoms with van der Waals surface area (Å²) in [5.41, 5.74) is -1.01. The average Bonchev–Trinajstić information content (AvgIpc) is 2.68. The van der Waals surface area contributed by atoms with Gasteiger partial charge in [-0.25, -0.2) is 0 Å². The standard InChI is InChI=1S/C19H15BrClF3N2O2/c20-12-5-6-16(21)14(11-12)18(28)26-9-7-25(8-10-26)17(27)13-3-1-2-4-15(13)19(22,23)24/h1-6,11H,7-10H2. The molecule has 0 N–H and O–H groups in total. The van der Waals surface area contributed by atoms with Gasteiger partial charge in [0.05, 0.1) is 21.7 Å². The highest BCUT2D eigenvalue weighted by molar-refractivity contribution is 9.10. The summed E-state index contributed by atoms with van der Waals surface area (Å²) >= 11 is 9.38. The lowest BCUT2D eigenvalue weighted by Gasteiger charge is -2.35. The van der Waals surface area contributed by atoms with Gasteiger partial charge in [0, 0.05) is 30.7 Å². The number of hydrogen-bond donors (Lipinski definition) is 0. The summed E-state index contributed by atoms with van der Waals surface area (Å²) < 4.78 is 40.2. The minimum absolute atomic E-state index is 0.141. The van der Waals surface area contributed by atoms with Crippen molar-refractivity contribution in [3.8, 4) is 0 Å². The molecule has 0 saturated carbocycles. The number of piperazine rings is 1. The molecule has 0 atom stereocenters. The third kappa shape index (κ3) is 4.33. The number of nitrogens with zero attached hydrogens (tertiary/aromatic N) is 2. The summed E-state index contributed by atoms with van der Waals surface area (Å²) in [6.45, 7) is 0.702. The lowest BCUT2D eigenvalue weighted by molar-refractivity contribution is -0.138. The summed E-state index contributed by atoms with van der Waals surface area (Å²) in [5.74, 6) is -0.977. The Kier molecular flexibility index (Phi) is 6.00. The van der Waals surface area contributed by atoms with E-state index in [0.29, 0.717) is 15.1 Å². The molecule has 9 heteroatoms. The van der Waals surface area contributed by atoms with Crippen LogP contribution in [0.5, 0.6) is 0 Å². The molecule has 0 radical (unpaired) electrons. The van der Waals surface area contributed by atoms with Crippen LogP contribution < -0.4 is 0 Å². The second-order valence-electron chi connectivity index (χ2n) is 6.25. The van der Waals surface area contributed by atoms with Crippen LogP contribution in [0.1, 0.15) is 26.3 Å². The molecule has 3 rings (SSSR count). The van der Waals surface area contributed by atoms with E-state index < -0.39 is 17.6 Å². The second kappa shape index (κ2) is 8.13. The molecule has 1 aliphatic rings. The quantitative estimate of drug-likeness (QED) is 0.631. The average molecular weight is 476 g/mol. The van der Waals surface area contributed by atoms with Gasteiger partial charge in [-0.15, -0.1) is 0 Å². The van der Waals surface area contributed by atoms with Gasteiger partial charge in [-0.2, -0.15) is 13.2 Å². The molecule has 1 saturated heterocycles. The summed E-state index contributed by atoms with van der Waals surface area (Å²) in [6.07, 6.45) is -4.61. The Morgan fingerprint density at radius 2 is 1.43 bits per heavy atom. The van der Waals surface area contributed by atoms with Crippen LogP contribution >= 0.6 is 27.5 Å². The van der Waals surface area contributed by atoms with Gasteiger partial charge < -0.3 is 9.80 Å². The first-order valence-corrected chi connectivity index (χ1v) is 9.55. The molecule has 2 aromatic rings. The number of carbonyl (C=O) groups is 2. The van der Waals surface area contributed by atoms with E-state index in [-0.39, 0.29) is 37.6 Å². The minimum Gasteiger partial charge on any atom is -0.335 e. The van der Waals surface area contributed by atoms with Crippen LogP contribution in [0.25, 0.3) is 0 Å². The van der Waals surface area contributed by atoms with Crippen molar-refractivity contribution in [1.82, 2.24) is 9.80 Å². The topological polar surface area (TPSA) is 40.6 Å². The Hall–Kier alpha value is -2.06. The second-order valence-corrected chi connectivity index (χ2v) is 7.57. The molecular weight excluding hydrogens is 461 g/mol. The van der Waals surface area contributed by atoms with Crippen LogP contribution in [-0.4, -0.2) is 47.8 Å². The molecule has 0 unspecified atom stereocenters. The van der Waals surface area contributed by atoms with Gasteiger partial charge in [0.2, 0.25) is 0 Å². The lowest BCUT2D eigenvalue weighted by Crippen LogP contribution is -2.50. The Labute approximate surface area is 173 Å². The monoisotopic (exact) mass is 474 g/mol. The molecule has 0 bridgehead atoms. The first-order chi connectivity index (χ1) is 13.2. The zero-order valence-corrected chi connectivity index (χ0v) is 16.8. The number of amides is 2. The molecule has 0 aliphatic carbocycles. The molecule has 0 aromatic heterocycles. The summed E-state index contributed by atoms with van der Waals surface area (Å²) in [4.78, 5) is 28.1. The molecule has 4 nitrogen and oxygen atoms in total. The first-order valence-electron chi connectivity index (χ1n) is 8.38. The minimum atomic E-state index is -4.61. The number of rotatable bonds is 2. The van der Waals surface area contributed by atoms with Gasteiger partial charge in [-0.05, 0) is 30.3 Å². The van der Waals surface area contributed by atoms with Crippen molar-refractivity contribution >= 4 is 39.3 Å². The zero-order chi connectivity index (χ0) is 20.5. The van der Waals surface area contributed by atoms with E-state index in [1.165, 1.54) is 28.0 Å². The third-order valence-electron chi connectivity index (χ3n) is 4.48. The van der Waals surface area contributed by atoms with Crippen molar-refractivity contribution in [1.29, 1.82) is 0 Å². The highest BCUT2D eigenvalue weighted by atomic mass is 79.9. The van der Waals surface area contributed by atoms with Crippen LogP contribution in [0.15, 0.2) is 46.9 Å². The van der Waals surface area contributed by atoms with Crippen LogP contribution in [-0.2, 0) is 6.18 Å². The van der Waals surface area contributed by atoms with E-state index in [4.69, 9.17) is 11.6 Å². The normalized spacial score (nSPS) is 14.9. The Bertz CT molecular complexity index is 912. The molecule has 0 spiro atoms. The number of halogens is 5.